The van der Waals surface area contributed by atoms with Gasteiger partial charge < -0.3 is 5.11 Å². The zero-order valence-electron chi connectivity index (χ0n) is 11.6. The quantitative estimate of drug-likeness (QED) is 0.829. The van der Waals surface area contributed by atoms with E-state index in [9.17, 15) is 5.11 Å². The molecule has 2 aromatic carbocycles. The maximum atomic E-state index is 10.1. The van der Waals surface area contributed by atoms with E-state index >= 15 is 0 Å². The molecule has 100 valence electrons. The van der Waals surface area contributed by atoms with Crippen molar-refractivity contribution in [3.63, 3.8) is 0 Å². The summed E-state index contributed by atoms with van der Waals surface area (Å²) in [5.41, 5.74) is 4.21. The molecule has 2 aromatic rings. The van der Waals surface area contributed by atoms with Crippen molar-refractivity contribution >= 4 is 11.6 Å². The van der Waals surface area contributed by atoms with Crippen LogP contribution in [0, 0.1) is 6.92 Å². The highest BCUT2D eigenvalue weighted by Gasteiger charge is 2.07. The molecule has 0 aromatic heterocycles. The lowest BCUT2D eigenvalue weighted by Gasteiger charge is -2.10. The molecule has 19 heavy (non-hydrogen) atoms. The van der Waals surface area contributed by atoms with Gasteiger partial charge in [0.05, 0.1) is 0 Å². The summed E-state index contributed by atoms with van der Waals surface area (Å²) in [5, 5.41) is 10.7. The molecule has 0 radical (unpaired) electrons. The average molecular weight is 275 g/mol. The molecular weight excluding hydrogens is 256 g/mol. The number of hydrogen-bond donors (Lipinski definition) is 1. The first kappa shape index (κ1) is 14.0. The highest BCUT2D eigenvalue weighted by Crippen LogP contribution is 2.28. The van der Waals surface area contributed by atoms with Crippen LogP contribution in [0.4, 0.5) is 0 Å². The maximum absolute atomic E-state index is 10.1. The summed E-state index contributed by atoms with van der Waals surface area (Å²) in [6.07, 6.45) is 0.700. The Morgan fingerprint density at radius 3 is 2.32 bits per heavy atom. The summed E-state index contributed by atoms with van der Waals surface area (Å²) < 4.78 is 0. The third-order valence-corrected chi connectivity index (χ3v) is 3.60. The standard InChI is InChI=1S/C17H19ClO/c1-11(2)14-6-4-13(5-7-14)9-15-10-16(18)8-12(3)17(15)19/h4-8,10-11,19H,9H2,1-3H3. The van der Waals surface area contributed by atoms with Crippen LogP contribution in [0.2, 0.25) is 5.02 Å². The fourth-order valence-electron chi connectivity index (χ4n) is 2.18. The van der Waals surface area contributed by atoms with E-state index in [1.54, 1.807) is 6.07 Å². The van der Waals surface area contributed by atoms with E-state index in [1.165, 1.54) is 11.1 Å². The van der Waals surface area contributed by atoms with E-state index in [-0.39, 0.29) is 0 Å². The Morgan fingerprint density at radius 2 is 1.74 bits per heavy atom. The van der Waals surface area contributed by atoms with Gasteiger partial charge in [0.25, 0.3) is 0 Å². The van der Waals surface area contributed by atoms with Crippen molar-refractivity contribution in [2.75, 3.05) is 0 Å². The highest BCUT2D eigenvalue weighted by molar-refractivity contribution is 6.30. The van der Waals surface area contributed by atoms with Crippen LogP contribution in [0.3, 0.4) is 0 Å². The van der Waals surface area contributed by atoms with Crippen molar-refractivity contribution in [3.05, 3.63) is 63.7 Å². The fourth-order valence-corrected chi connectivity index (χ4v) is 2.48. The molecule has 0 aliphatic rings. The van der Waals surface area contributed by atoms with Gasteiger partial charge in [0.1, 0.15) is 5.75 Å². The summed E-state index contributed by atoms with van der Waals surface area (Å²) in [6, 6.07) is 12.1. The molecule has 0 heterocycles. The Labute approximate surface area is 119 Å². The third kappa shape index (κ3) is 3.30. The van der Waals surface area contributed by atoms with Gasteiger partial charge in [0.15, 0.2) is 0 Å². The van der Waals surface area contributed by atoms with E-state index in [2.05, 4.69) is 38.1 Å². The molecular formula is C17H19ClO. The Balaban J connectivity index is 2.26. The van der Waals surface area contributed by atoms with Crippen molar-refractivity contribution in [3.8, 4) is 5.75 Å². The van der Waals surface area contributed by atoms with Gasteiger partial charge in [-0.15, -0.1) is 0 Å². The van der Waals surface area contributed by atoms with Crippen molar-refractivity contribution in [1.29, 1.82) is 0 Å². The van der Waals surface area contributed by atoms with Gasteiger partial charge in [-0.25, -0.2) is 0 Å². The number of hydrogen-bond acceptors (Lipinski definition) is 1. The Kier molecular flexibility index (Phi) is 4.16. The molecule has 2 heteroatoms. The molecule has 0 amide bonds. The number of aryl methyl sites for hydroxylation is 1. The smallest absolute Gasteiger partial charge is 0.122 e. The molecule has 0 bridgehead atoms. The van der Waals surface area contributed by atoms with Crippen LogP contribution in [0.15, 0.2) is 36.4 Å². The molecule has 0 aliphatic carbocycles. The van der Waals surface area contributed by atoms with Gasteiger partial charge in [0.2, 0.25) is 0 Å². The van der Waals surface area contributed by atoms with E-state index in [1.807, 2.05) is 13.0 Å². The number of halogens is 1. The maximum Gasteiger partial charge on any atom is 0.122 e. The first-order valence-corrected chi connectivity index (χ1v) is 6.92. The van der Waals surface area contributed by atoms with Gasteiger partial charge in [-0.2, -0.15) is 0 Å². The lowest BCUT2D eigenvalue weighted by molar-refractivity contribution is 0.465. The van der Waals surface area contributed by atoms with Crippen LogP contribution in [0.25, 0.3) is 0 Å². The lowest BCUT2D eigenvalue weighted by Crippen LogP contribution is -1.93. The van der Waals surface area contributed by atoms with E-state index < -0.39 is 0 Å². The first-order chi connectivity index (χ1) is 8.97. The zero-order chi connectivity index (χ0) is 14.0. The van der Waals surface area contributed by atoms with E-state index in [0.29, 0.717) is 23.1 Å². The lowest BCUT2D eigenvalue weighted by atomic mass is 9.98. The normalized spacial score (nSPS) is 11.0. The van der Waals surface area contributed by atoms with Gasteiger partial charge in [-0.05, 0) is 47.2 Å². The van der Waals surface area contributed by atoms with Crippen LogP contribution in [0.1, 0.15) is 42.0 Å². The number of rotatable bonds is 3. The van der Waals surface area contributed by atoms with Crippen LogP contribution in [0.5, 0.6) is 5.75 Å². The largest absolute Gasteiger partial charge is 0.507 e. The SMILES string of the molecule is Cc1cc(Cl)cc(Cc2ccc(C(C)C)cc2)c1O. The van der Waals surface area contributed by atoms with E-state index in [4.69, 9.17) is 11.6 Å². The molecule has 0 fully saturated rings. The first-order valence-electron chi connectivity index (χ1n) is 6.54. The summed E-state index contributed by atoms with van der Waals surface area (Å²) in [7, 11) is 0. The topological polar surface area (TPSA) is 20.2 Å². The molecule has 0 atom stereocenters. The number of aromatic hydroxyl groups is 1. The van der Waals surface area contributed by atoms with Crippen molar-refractivity contribution < 1.29 is 5.11 Å². The highest BCUT2D eigenvalue weighted by atomic mass is 35.5. The van der Waals surface area contributed by atoms with Crippen LogP contribution in [-0.4, -0.2) is 5.11 Å². The molecule has 0 saturated heterocycles. The van der Waals surface area contributed by atoms with Crippen molar-refractivity contribution in [2.24, 2.45) is 0 Å². The van der Waals surface area contributed by atoms with Crippen LogP contribution >= 0.6 is 11.6 Å². The minimum Gasteiger partial charge on any atom is -0.507 e. The Bertz CT molecular complexity index is 571. The van der Waals surface area contributed by atoms with Gasteiger partial charge in [-0.3, -0.25) is 0 Å². The predicted octanol–water partition coefficient (Wildman–Crippen LogP) is 5.07. The molecule has 0 unspecified atom stereocenters. The van der Waals surface area contributed by atoms with Crippen LogP contribution < -0.4 is 0 Å². The Hall–Kier alpha value is -1.47. The number of phenols is 1. The number of phenolic OH excluding ortho intramolecular Hbond substituents is 1. The fraction of sp³-hybridized carbons (Fsp3) is 0.294. The second-order valence-electron chi connectivity index (χ2n) is 5.30. The predicted molar refractivity (Wildman–Crippen MR) is 81.2 cm³/mol. The molecule has 1 N–H and O–H groups in total. The minimum atomic E-state index is 0.345. The molecule has 0 aliphatic heterocycles. The minimum absolute atomic E-state index is 0.345. The molecule has 0 spiro atoms. The zero-order valence-corrected chi connectivity index (χ0v) is 12.3. The van der Waals surface area contributed by atoms with Gasteiger partial charge >= 0.3 is 0 Å². The summed E-state index contributed by atoms with van der Waals surface area (Å²) in [4.78, 5) is 0. The van der Waals surface area contributed by atoms with Gasteiger partial charge in [-0.1, -0.05) is 49.7 Å². The second-order valence-corrected chi connectivity index (χ2v) is 5.74. The van der Waals surface area contributed by atoms with Gasteiger partial charge in [0, 0.05) is 11.4 Å². The molecule has 2 rings (SSSR count). The van der Waals surface area contributed by atoms with E-state index in [0.717, 1.165) is 11.1 Å². The monoisotopic (exact) mass is 274 g/mol. The van der Waals surface area contributed by atoms with Crippen molar-refractivity contribution in [1.82, 2.24) is 0 Å². The number of benzene rings is 2. The van der Waals surface area contributed by atoms with Crippen LogP contribution in [-0.2, 0) is 6.42 Å². The Morgan fingerprint density at radius 1 is 1.11 bits per heavy atom. The summed E-state index contributed by atoms with van der Waals surface area (Å²) in [5.74, 6) is 0.883. The third-order valence-electron chi connectivity index (χ3n) is 3.39. The molecule has 1 nitrogen and oxygen atoms in total. The van der Waals surface area contributed by atoms with Crippen molar-refractivity contribution in [2.45, 2.75) is 33.1 Å². The molecule has 0 saturated carbocycles. The summed E-state index contributed by atoms with van der Waals surface area (Å²) >= 11 is 6.04. The summed E-state index contributed by atoms with van der Waals surface area (Å²) in [6.45, 7) is 6.23. The second kappa shape index (κ2) is 5.66. The average Bonchev–Trinajstić information content (AvgIpc) is 2.36.